The van der Waals surface area contributed by atoms with E-state index in [0.717, 1.165) is 5.56 Å². The van der Waals surface area contributed by atoms with E-state index in [1.54, 1.807) is 30.6 Å². The third-order valence-electron chi connectivity index (χ3n) is 2.07. The Labute approximate surface area is 113 Å². The van der Waals surface area contributed by atoms with Crippen molar-refractivity contribution in [1.82, 2.24) is 15.6 Å². The molecule has 0 radical (unpaired) electrons. The van der Waals surface area contributed by atoms with Gasteiger partial charge >= 0.3 is 0 Å². The molecule has 1 rings (SSSR count). The lowest BCUT2D eigenvalue weighted by molar-refractivity contribution is -0.124. The number of pyridine rings is 1. The van der Waals surface area contributed by atoms with Crippen LogP contribution in [0.25, 0.3) is 6.08 Å². The summed E-state index contributed by atoms with van der Waals surface area (Å²) in [6.45, 7) is 5.62. The van der Waals surface area contributed by atoms with Gasteiger partial charge in [-0.15, -0.1) is 0 Å². The number of hydrogen-bond donors (Lipinski definition) is 2. The summed E-state index contributed by atoms with van der Waals surface area (Å²) < 4.78 is 0. The van der Waals surface area contributed by atoms with Gasteiger partial charge in [-0.1, -0.05) is 0 Å². The molecule has 19 heavy (non-hydrogen) atoms. The summed E-state index contributed by atoms with van der Waals surface area (Å²) in [5, 5.41) is 5.28. The van der Waals surface area contributed by atoms with Gasteiger partial charge < -0.3 is 10.6 Å². The van der Waals surface area contributed by atoms with Crippen molar-refractivity contribution in [1.29, 1.82) is 0 Å². The van der Waals surface area contributed by atoms with Gasteiger partial charge in [0.1, 0.15) is 0 Å². The van der Waals surface area contributed by atoms with Gasteiger partial charge in [0.15, 0.2) is 0 Å². The first-order chi connectivity index (χ1) is 8.87. The number of carbonyl (C=O) groups is 2. The SMILES string of the molecule is CC(C)(C)NC(=O)CNC(=O)/C=C/c1ccncc1. The molecule has 5 heteroatoms. The summed E-state index contributed by atoms with van der Waals surface area (Å²) in [4.78, 5) is 26.9. The second-order valence-corrected chi connectivity index (χ2v) is 5.13. The number of carbonyl (C=O) groups excluding carboxylic acids is 2. The summed E-state index contributed by atoms with van der Waals surface area (Å²) in [6.07, 6.45) is 6.35. The summed E-state index contributed by atoms with van der Waals surface area (Å²) in [5.74, 6) is -0.515. The minimum atomic E-state index is -0.305. The Morgan fingerprint density at radius 2 is 1.89 bits per heavy atom. The first kappa shape index (κ1) is 14.9. The molecule has 0 saturated heterocycles. The van der Waals surface area contributed by atoms with Crippen LogP contribution in [0.2, 0.25) is 0 Å². The molecule has 102 valence electrons. The van der Waals surface area contributed by atoms with Crippen molar-refractivity contribution in [2.75, 3.05) is 6.54 Å². The highest BCUT2D eigenvalue weighted by Gasteiger charge is 2.13. The number of aromatic nitrogens is 1. The molecule has 0 saturated carbocycles. The third kappa shape index (κ3) is 6.98. The Kier molecular flexibility index (Phi) is 5.23. The molecular weight excluding hydrogens is 242 g/mol. The zero-order valence-corrected chi connectivity index (χ0v) is 11.4. The molecule has 0 fully saturated rings. The van der Waals surface area contributed by atoms with Crippen LogP contribution in [-0.4, -0.2) is 28.9 Å². The monoisotopic (exact) mass is 261 g/mol. The van der Waals surface area contributed by atoms with E-state index in [1.807, 2.05) is 20.8 Å². The number of rotatable bonds is 4. The van der Waals surface area contributed by atoms with Crippen molar-refractivity contribution in [2.24, 2.45) is 0 Å². The fourth-order valence-electron chi connectivity index (χ4n) is 1.34. The van der Waals surface area contributed by atoms with Crippen molar-refractivity contribution in [3.63, 3.8) is 0 Å². The summed E-state index contributed by atoms with van der Waals surface area (Å²) in [6, 6.07) is 3.58. The van der Waals surface area contributed by atoms with Gasteiger partial charge in [-0.25, -0.2) is 0 Å². The predicted octanol–water partition coefficient (Wildman–Crippen LogP) is 1.13. The average Bonchev–Trinajstić information content (AvgIpc) is 2.33. The van der Waals surface area contributed by atoms with Gasteiger partial charge in [-0.2, -0.15) is 0 Å². The smallest absolute Gasteiger partial charge is 0.244 e. The van der Waals surface area contributed by atoms with E-state index in [4.69, 9.17) is 0 Å². The van der Waals surface area contributed by atoms with Gasteiger partial charge in [0.05, 0.1) is 6.54 Å². The second kappa shape index (κ2) is 6.68. The molecule has 0 aromatic carbocycles. The lowest BCUT2D eigenvalue weighted by Gasteiger charge is -2.20. The Balaban J connectivity index is 2.36. The van der Waals surface area contributed by atoms with E-state index in [2.05, 4.69) is 15.6 Å². The minimum absolute atomic E-state index is 0.0310. The fraction of sp³-hybridized carbons (Fsp3) is 0.357. The lowest BCUT2D eigenvalue weighted by atomic mass is 10.1. The van der Waals surface area contributed by atoms with Crippen LogP contribution in [0.5, 0.6) is 0 Å². The van der Waals surface area contributed by atoms with E-state index >= 15 is 0 Å². The topological polar surface area (TPSA) is 71.1 Å². The summed E-state index contributed by atoms with van der Waals surface area (Å²) in [5.41, 5.74) is 0.582. The van der Waals surface area contributed by atoms with Gasteiger partial charge in [-0.3, -0.25) is 14.6 Å². The minimum Gasteiger partial charge on any atom is -0.350 e. The Morgan fingerprint density at radius 3 is 2.47 bits per heavy atom. The maximum atomic E-state index is 11.5. The Hall–Kier alpha value is -2.17. The van der Waals surface area contributed by atoms with Crippen LogP contribution in [-0.2, 0) is 9.59 Å². The second-order valence-electron chi connectivity index (χ2n) is 5.13. The average molecular weight is 261 g/mol. The van der Waals surface area contributed by atoms with Gasteiger partial charge in [0.2, 0.25) is 11.8 Å². The molecule has 0 aliphatic rings. The number of nitrogens with one attached hydrogen (secondary N) is 2. The van der Waals surface area contributed by atoms with Crippen molar-refractivity contribution in [3.8, 4) is 0 Å². The number of amides is 2. The molecular formula is C14H19N3O2. The molecule has 1 aromatic heterocycles. The van der Waals surface area contributed by atoms with Gasteiger partial charge in [0.25, 0.3) is 0 Å². The van der Waals surface area contributed by atoms with E-state index in [1.165, 1.54) is 6.08 Å². The van der Waals surface area contributed by atoms with Crippen molar-refractivity contribution in [2.45, 2.75) is 26.3 Å². The van der Waals surface area contributed by atoms with Crippen molar-refractivity contribution in [3.05, 3.63) is 36.2 Å². The van der Waals surface area contributed by atoms with Crippen LogP contribution < -0.4 is 10.6 Å². The van der Waals surface area contributed by atoms with E-state index in [0.29, 0.717) is 0 Å². The molecule has 0 aliphatic heterocycles. The molecule has 1 heterocycles. The third-order valence-corrected chi connectivity index (χ3v) is 2.07. The zero-order valence-electron chi connectivity index (χ0n) is 11.4. The van der Waals surface area contributed by atoms with Gasteiger partial charge in [0, 0.05) is 24.0 Å². The van der Waals surface area contributed by atoms with E-state index < -0.39 is 0 Å². The predicted molar refractivity (Wildman–Crippen MR) is 74.2 cm³/mol. The molecule has 0 spiro atoms. The van der Waals surface area contributed by atoms with Crippen LogP contribution in [0.3, 0.4) is 0 Å². The van der Waals surface area contributed by atoms with E-state index in [9.17, 15) is 9.59 Å². The highest BCUT2D eigenvalue weighted by molar-refractivity contribution is 5.94. The van der Waals surface area contributed by atoms with Crippen LogP contribution in [0.15, 0.2) is 30.6 Å². The van der Waals surface area contributed by atoms with E-state index in [-0.39, 0.29) is 23.9 Å². The summed E-state index contributed by atoms with van der Waals surface area (Å²) in [7, 11) is 0. The molecule has 0 atom stereocenters. The largest absolute Gasteiger partial charge is 0.350 e. The molecule has 0 bridgehead atoms. The molecule has 0 unspecified atom stereocenters. The maximum absolute atomic E-state index is 11.5. The first-order valence-electron chi connectivity index (χ1n) is 6.04. The van der Waals surface area contributed by atoms with Crippen molar-refractivity contribution >= 4 is 17.9 Å². The van der Waals surface area contributed by atoms with Crippen LogP contribution in [0.4, 0.5) is 0 Å². The van der Waals surface area contributed by atoms with Crippen LogP contribution >= 0.6 is 0 Å². The van der Waals surface area contributed by atoms with Crippen LogP contribution in [0.1, 0.15) is 26.3 Å². The molecule has 5 nitrogen and oxygen atoms in total. The molecule has 1 aromatic rings. The molecule has 2 N–H and O–H groups in total. The normalized spacial score (nSPS) is 11.3. The Bertz CT molecular complexity index is 461. The Morgan fingerprint density at radius 1 is 1.26 bits per heavy atom. The highest BCUT2D eigenvalue weighted by Crippen LogP contribution is 1.99. The van der Waals surface area contributed by atoms with Crippen molar-refractivity contribution < 1.29 is 9.59 Å². The zero-order chi connectivity index (χ0) is 14.3. The summed E-state index contributed by atoms with van der Waals surface area (Å²) >= 11 is 0. The molecule has 0 aliphatic carbocycles. The molecule has 2 amide bonds. The first-order valence-corrected chi connectivity index (χ1v) is 6.04. The standard InChI is InChI=1S/C14H19N3O2/c1-14(2,3)17-13(19)10-16-12(18)5-4-11-6-8-15-9-7-11/h4-9H,10H2,1-3H3,(H,16,18)(H,17,19)/b5-4+. The maximum Gasteiger partial charge on any atom is 0.244 e. The number of nitrogens with zero attached hydrogens (tertiary/aromatic N) is 1. The van der Waals surface area contributed by atoms with Gasteiger partial charge in [-0.05, 0) is 44.5 Å². The quantitative estimate of drug-likeness (QED) is 0.798. The highest BCUT2D eigenvalue weighted by atomic mass is 16.2. The fourth-order valence-corrected chi connectivity index (χ4v) is 1.34. The lowest BCUT2D eigenvalue weighted by Crippen LogP contribution is -2.45. The number of hydrogen-bond acceptors (Lipinski definition) is 3. The van der Waals surface area contributed by atoms with Crippen LogP contribution in [0, 0.1) is 0 Å².